The Morgan fingerprint density at radius 3 is 2.88 bits per heavy atom. The third-order valence-corrected chi connectivity index (χ3v) is 2.75. The lowest BCUT2D eigenvalue weighted by Gasteiger charge is -2.20. The molecule has 0 amide bonds. The maximum Gasteiger partial charge on any atom is 0.319 e. The molecule has 1 aromatic heterocycles. The summed E-state index contributed by atoms with van der Waals surface area (Å²) in [7, 11) is 0. The Morgan fingerprint density at radius 2 is 2.31 bits per heavy atom. The number of rotatable bonds is 6. The highest BCUT2D eigenvalue weighted by molar-refractivity contribution is 4.95. The predicted octanol–water partition coefficient (Wildman–Crippen LogP) is 1.23. The van der Waals surface area contributed by atoms with Crippen molar-refractivity contribution in [2.75, 3.05) is 13.2 Å². The van der Waals surface area contributed by atoms with Crippen molar-refractivity contribution in [3.05, 3.63) is 18.2 Å². The van der Waals surface area contributed by atoms with Crippen molar-refractivity contribution in [1.82, 2.24) is 14.5 Å². The van der Waals surface area contributed by atoms with Gasteiger partial charge in [-0.15, -0.1) is 0 Å². The Bertz CT molecular complexity index is 339. The molecule has 2 rings (SSSR count). The highest BCUT2D eigenvalue weighted by Gasteiger charge is 2.29. The number of hydrogen-bond donors (Lipinski definition) is 1. The van der Waals surface area contributed by atoms with Crippen LogP contribution in [0, 0.1) is 0 Å². The molecule has 1 heterocycles. The van der Waals surface area contributed by atoms with Crippen molar-refractivity contribution in [3.63, 3.8) is 0 Å². The van der Waals surface area contributed by atoms with E-state index in [2.05, 4.69) is 4.98 Å². The summed E-state index contributed by atoms with van der Waals surface area (Å²) in [6.45, 7) is -1.61. The molecule has 0 aromatic carbocycles. The van der Waals surface area contributed by atoms with Crippen LogP contribution in [-0.4, -0.2) is 38.8 Å². The Kier molecular flexibility index (Phi) is 3.50. The van der Waals surface area contributed by atoms with Gasteiger partial charge in [-0.1, -0.05) is 0 Å². The van der Waals surface area contributed by atoms with Crippen LogP contribution in [0.15, 0.2) is 12.4 Å². The number of alkyl halides is 2. The molecule has 0 atom stereocenters. The molecule has 6 heteroatoms. The van der Waals surface area contributed by atoms with Crippen molar-refractivity contribution < 1.29 is 13.9 Å². The lowest BCUT2D eigenvalue weighted by molar-refractivity contribution is 0.0628. The van der Waals surface area contributed by atoms with Crippen molar-refractivity contribution in [3.8, 4) is 0 Å². The van der Waals surface area contributed by atoms with E-state index in [0.717, 1.165) is 17.4 Å². The van der Waals surface area contributed by atoms with Crippen LogP contribution in [0.5, 0.6) is 0 Å². The van der Waals surface area contributed by atoms with E-state index >= 15 is 0 Å². The minimum absolute atomic E-state index is 0.0475. The molecule has 0 saturated heterocycles. The van der Waals surface area contributed by atoms with E-state index < -0.39 is 6.55 Å². The molecular formula is C10H15F2N3O. The lowest BCUT2D eigenvalue weighted by Crippen LogP contribution is -2.30. The Labute approximate surface area is 92.5 Å². The van der Waals surface area contributed by atoms with E-state index in [9.17, 15) is 8.78 Å². The van der Waals surface area contributed by atoms with Gasteiger partial charge < -0.3 is 5.11 Å². The third kappa shape index (κ3) is 2.56. The Hall–Kier alpha value is -1.01. The summed E-state index contributed by atoms with van der Waals surface area (Å²) < 4.78 is 26.0. The number of nitrogens with zero attached hydrogens (tertiary/aromatic N) is 3. The summed E-state index contributed by atoms with van der Waals surface area (Å²) in [5, 5.41) is 8.90. The molecular weight excluding hydrogens is 216 g/mol. The van der Waals surface area contributed by atoms with Crippen LogP contribution in [0.1, 0.15) is 25.2 Å². The van der Waals surface area contributed by atoms with Crippen LogP contribution < -0.4 is 0 Å². The zero-order valence-electron chi connectivity index (χ0n) is 8.89. The second-order valence-corrected chi connectivity index (χ2v) is 3.95. The smallest absolute Gasteiger partial charge is 0.319 e. The van der Waals surface area contributed by atoms with E-state index in [1.807, 2.05) is 4.90 Å². The maximum atomic E-state index is 12.6. The standard InChI is InChI=1S/C10H15F2N3O/c11-10(12)15-4-3-13-9(15)7-14(5-6-16)8-1-2-8/h3-4,8,10,16H,1-2,5-7H2. The third-order valence-electron chi connectivity index (χ3n) is 2.75. The van der Waals surface area contributed by atoms with Crippen LogP contribution >= 0.6 is 0 Å². The molecule has 4 nitrogen and oxygen atoms in total. The topological polar surface area (TPSA) is 41.3 Å². The lowest BCUT2D eigenvalue weighted by atomic mass is 10.4. The molecule has 0 bridgehead atoms. The van der Waals surface area contributed by atoms with Crippen molar-refractivity contribution in [2.24, 2.45) is 0 Å². The maximum absolute atomic E-state index is 12.6. The fourth-order valence-electron chi connectivity index (χ4n) is 1.78. The average Bonchev–Trinajstić information content (AvgIpc) is 2.98. The van der Waals surface area contributed by atoms with Crippen LogP contribution in [-0.2, 0) is 6.54 Å². The number of hydrogen-bond acceptors (Lipinski definition) is 3. The first-order valence-corrected chi connectivity index (χ1v) is 5.37. The zero-order valence-corrected chi connectivity index (χ0v) is 8.89. The molecule has 90 valence electrons. The van der Waals surface area contributed by atoms with Gasteiger partial charge in [0.05, 0.1) is 13.2 Å². The second kappa shape index (κ2) is 4.88. The summed E-state index contributed by atoms with van der Waals surface area (Å²) in [5.74, 6) is 0.357. The number of aliphatic hydroxyl groups is 1. The molecule has 1 aliphatic carbocycles. The minimum Gasteiger partial charge on any atom is -0.395 e. The molecule has 1 aromatic rings. The van der Waals surface area contributed by atoms with E-state index in [0.29, 0.717) is 25.0 Å². The average molecular weight is 231 g/mol. The van der Waals surface area contributed by atoms with Gasteiger partial charge in [0.15, 0.2) is 0 Å². The SMILES string of the molecule is OCCN(Cc1nccn1C(F)F)C1CC1. The van der Waals surface area contributed by atoms with Gasteiger partial charge in [-0.05, 0) is 12.8 Å². The van der Waals surface area contributed by atoms with Crippen LogP contribution in [0.4, 0.5) is 8.78 Å². The van der Waals surface area contributed by atoms with Crippen LogP contribution in [0.3, 0.4) is 0 Å². The van der Waals surface area contributed by atoms with Crippen molar-refractivity contribution in [1.29, 1.82) is 0 Å². The molecule has 0 unspecified atom stereocenters. The van der Waals surface area contributed by atoms with Gasteiger partial charge in [0.2, 0.25) is 0 Å². The predicted molar refractivity (Wildman–Crippen MR) is 54.0 cm³/mol. The molecule has 16 heavy (non-hydrogen) atoms. The van der Waals surface area contributed by atoms with Gasteiger partial charge in [-0.2, -0.15) is 8.78 Å². The zero-order chi connectivity index (χ0) is 11.5. The highest BCUT2D eigenvalue weighted by Crippen LogP contribution is 2.28. The van der Waals surface area contributed by atoms with E-state index in [4.69, 9.17) is 5.11 Å². The monoisotopic (exact) mass is 231 g/mol. The summed E-state index contributed by atoms with van der Waals surface area (Å²) in [5.41, 5.74) is 0. The van der Waals surface area contributed by atoms with Gasteiger partial charge in [0.1, 0.15) is 5.82 Å². The number of imidazole rings is 1. The summed E-state index contributed by atoms with van der Waals surface area (Å²) in [4.78, 5) is 5.93. The molecule has 0 aliphatic heterocycles. The van der Waals surface area contributed by atoms with Gasteiger partial charge in [-0.3, -0.25) is 9.47 Å². The second-order valence-electron chi connectivity index (χ2n) is 3.95. The summed E-state index contributed by atoms with van der Waals surface area (Å²) in [6, 6.07) is 0.426. The molecule has 0 radical (unpaired) electrons. The molecule has 0 spiro atoms. The molecule has 1 saturated carbocycles. The quantitative estimate of drug-likeness (QED) is 0.800. The molecule has 1 N–H and O–H groups in total. The van der Waals surface area contributed by atoms with Crippen molar-refractivity contribution in [2.45, 2.75) is 32.0 Å². The van der Waals surface area contributed by atoms with Gasteiger partial charge in [-0.25, -0.2) is 4.98 Å². The number of aliphatic hydroxyl groups excluding tert-OH is 1. The van der Waals surface area contributed by atoms with Crippen LogP contribution in [0.25, 0.3) is 0 Å². The minimum atomic E-state index is -2.55. The van der Waals surface area contributed by atoms with Crippen molar-refractivity contribution >= 4 is 0 Å². The first kappa shape index (κ1) is 11.5. The molecule has 1 fully saturated rings. The highest BCUT2D eigenvalue weighted by atomic mass is 19.3. The first-order chi connectivity index (χ1) is 7.72. The summed E-state index contributed by atoms with van der Waals surface area (Å²) in [6.07, 6.45) is 4.82. The van der Waals surface area contributed by atoms with Gasteiger partial charge in [0, 0.05) is 25.0 Å². The van der Waals surface area contributed by atoms with E-state index in [-0.39, 0.29) is 6.61 Å². The normalized spacial score (nSPS) is 16.3. The first-order valence-electron chi connectivity index (χ1n) is 5.37. The summed E-state index contributed by atoms with van der Waals surface area (Å²) >= 11 is 0. The number of halogens is 2. The van der Waals surface area contributed by atoms with E-state index in [1.165, 1.54) is 12.4 Å². The largest absolute Gasteiger partial charge is 0.395 e. The van der Waals surface area contributed by atoms with Crippen LogP contribution in [0.2, 0.25) is 0 Å². The Balaban J connectivity index is 2.02. The fraction of sp³-hybridized carbons (Fsp3) is 0.700. The van der Waals surface area contributed by atoms with Gasteiger partial charge in [0.25, 0.3) is 0 Å². The fourth-order valence-corrected chi connectivity index (χ4v) is 1.78. The van der Waals surface area contributed by atoms with E-state index in [1.54, 1.807) is 0 Å². The Morgan fingerprint density at radius 1 is 1.56 bits per heavy atom. The molecule has 1 aliphatic rings. The number of aromatic nitrogens is 2. The van der Waals surface area contributed by atoms with Gasteiger partial charge >= 0.3 is 6.55 Å².